The minimum absolute atomic E-state index is 0.0878. The molecule has 0 aromatic heterocycles. The Kier molecular flexibility index (Phi) is 2.47. The van der Waals surface area contributed by atoms with Gasteiger partial charge in [-0.2, -0.15) is 0 Å². The molecular formula is C8H19NSi. The summed E-state index contributed by atoms with van der Waals surface area (Å²) in [6, 6.07) is 0. The van der Waals surface area contributed by atoms with Crippen molar-refractivity contribution in [1.29, 1.82) is 5.41 Å². The second kappa shape index (κ2) is 2.49. The predicted molar refractivity (Wildman–Crippen MR) is 50.5 cm³/mol. The molecule has 0 bridgehead atoms. The Morgan fingerprint density at radius 3 is 1.40 bits per heavy atom. The highest BCUT2D eigenvalue weighted by molar-refractivity contribution is 7.04. The Balaban J connectivity index is 4.40. The molecule has 0 amide bonds. The van der Waals surface area contributed by atoms with Gasteiger partial charge in [0, 0.05) is 0 Å². The van der Waals surface area contributed by atoms with Crippen LogP contribution in [-0.2, 0) is 0 Å². The lowest BCUT2D eigenvalue weighted by atomic mass is 9.99. The van der Waals surface area contributed by atoms with Gasteiger partial charge in [0.2, 0.25) is 0 Å². The standard InChI is InChI=1S/C8H19NSi/c1-8(2,3)7(9)10(4,5)6/h9H,1-6H3. The smallest absolute Gasteiger partial charge is 0.0956 e. The van der Waals surface area contributed by atoms with Crippen LogP contribution in [0.2, 0.25) is 19.6 Å². The molecule has 10 heavy (non-hydrogen) atoms. The van der Waals surface area contributed by atoms with Gasteiger partial charge in [-0.05, 0) is 10.7 Å². The lowest BCUT2D eigenvalue weighted by Crippen LogP contribution is -2.41. The van der Waals surface area contributed by atoms with Crippen molar-refractivity contribution >= 4 is 13.4 Å². The highest BCUT2D eigenvalue weighted by Crippen LogP contribution is 2.21. The van der Waals surface area contributed by atoms with Crippen LogP contribution in [0, 0.1) is 10.8 Å². The third-order valence-electron chi connectivity index (χ3n) is 1.50. The zero-order valence-corrected chi connectivity index (χ0v) is 9.00. The molecular weight excluding hydrogens is 138 g/mol. The summed E-state index contributed by atoms with van der Waals surface area (Å²) in [4.78, 5) is 0. The van der Waals surface area contributed by atoms with Gasteiger partial charge in [0.25, 0.3) is 0 Å². The molecule has 0 fully saturated rings. The molecule has 1 N–H and O–H groups in total. The van der Waals surface area contributed by atoms with Gasteiger partial charge in [0.1, 0.15) is 0 Å². The Labute approximate surface area is 65.4 Å². The minimum atomic E-state index is -1.31. The van der Waals surface area contributed by atoms with E-state index in [4.69, 9.17) is 5.41 Å². The van der Waals surface area contributed by atoms with E-state index in [1.807, 2.05) is 0 Å². The molecule has 0 aromatic rings. The number of rotatable bonds is 1. The van der Waals surface area contributed by atoms with Gasteiger partial charge in [-0.1, -0.05) is 40.4 Å². The predicted octanol–water partition coefficient (Wildman–Crippen LogP) is 2.93. The van der Waals surface area contributed by atoms with Gasteiger partial charge >= 0.3 is 0 Å². The number of nitrogens with one attached hydrogen (secondary N) is 1. The molecule has 0 aliphatic carbocycles. The van der Waals surface area contributed by atoms with Crippen molar-refractivity contribution in [3.63, 3.8) is 0 Å². The van der Waals surface area contributed by atoms with E-state index in [1.165, 1.54) is 0 Å². The van der Waals surface area contributed by atoms with E-state index in [0.29, 0.717) is 0 Å². The van der Waals surface area contributed by atoms with Crippen molar-refractivity contribution in [2.75, 3.05) is 0 Å². The molecule has 0 aliphatic rings. The summed E-state index contributed by atoms with van der Waals surface area (Å²) in [5, 5.41) is 8.81. The fraction of sp³-hybridized carbons (Fsp3) is 0.875. The van der Waals surface area contributed by atoms with E-state index < -0.39 is 8.07 Å². The van der Waals surface area contributed by atoms with Crippen LogP contribution >= 0.6 is 0 Å². The average Bonchev–Trinajstić information content (AvgIpc) is 1.59. The summed E-state index contributed by atoms with van der Waals surface area (Å²) in [7, 11) is -1.31. The van der Waals surface area contributed by atoms with Crippen LogP contribution in [0.25, 0.3) is 0 Å². The maximum Gasteiger partial charge on any atom is 0.0956 e. The lowest BCUT2D eigenvalue weighted by molar-refractivity contribution is 0.594. The van der Waals surface area contributed by atoms with Gasteiger partial charge in [-0.25, -0.2) is 0 Å². The Hall–Kier alpha value is -0.113. The summed E-state index contributed by atoms with van der Waals surface area (Å²) in [6.07, 6.45) is 0. The van der Waals surface area contributed by atoms with Gasteiger partial charge in [-0.3, -0.25) is 0 Å². The molecule has 1 nitrogen and oxygen atoms in total. The molecule has 0 aromatic carbocycles. The van der Waals surface area contributed by atoms with Gasteiger partial charge < -0.3 is 5.41 Å². The maximum atomic E-state index is 7.85. The van der Waals surface area contributed by atoms with Crippen LogP contribution in [0.1, 0.15) is 20.8 Å². The minimum Gasteiger partial charge on any atom is -0.314 e. The molecule has 0 rings (SSSR count). The summed E-state index contributed by atoms with van der Waals surface area (Å²) in [5.74, 6) is 0. The van der Waals surface area contributed by atoms with Crippen molar-refractivity contribution in [3.05, 3.63) is 0 Å². The molecule has 60 valence electrons. The topological polar surface area (TPSA) is 23.9 Å². The molecule has 2 heteroatoms. The lowest BCUT2D eigenvalue weighted by Gasteiger charge is -2.29. The third-order valence-corrected chi connectivity index (χ3v) is 3.75. The molecule has 0 radical (unpaired) electrons. The van der Waals surface area contributed by atoms with E-state index in [0.717, 1.165) is 5.33 Å². The fourth-order valence-corrected chi connectivity index (χ4v) is 3.38. The summed E-state index contributed by atoms with van der Waals surface area (Å²) < 4.78 is 0. The van der Waals surface area contributed by atoms with Gasteiger partial charge in [0.05, 0.1) is 8.07 Å². The van der Waals surface area contributed by atoms with Crippen molar-refractivity contribution in [1.82, 2.24) is 0 Å². The first-order valence-electron chi connectivity index (χ1n) is 3.75. The summed E-state index contributed by atoms with van der Waals surface area (Å²) in [5.41, 5.74) is 0.0878. The normalized spacial score (nSPS) is 13.4. The largest absolute Gasteiger partial charge is 0.314 e. The Morgan fingerprint density at radius 1 is 1.10 bits per heavy atom. The van der Waals surface area contributed by atoms with Crippen LogP contribution in [-0.4, -0.2) is 13.4 Å². The van der Waals surface area contributed by atoms with Crippen LogP contribution in [0.15, 0.2) is 0 Å². The van der Waals surface area contributed by atoms with E-state index in [2.05, 4.69) is 40.4 Å². The molecule has 0 saturated heterocycles. The Morgan fingerprint density at radius 2 is 1.40 bits per heavy atom. The molecule has 0 unspecified atom stereocenters. The first-order valence-corrected chi connectivity index (χ1v) is 7.25. The van der Waals surface area contributed by atoms with Crippen molar-refractivity contribution in [3.8, 4) is 0 Å². The number of hydrogen-bond donors (Lipinski definition) is 1. The molecule has 0 saturated carbocycles. The second-order valence-corrected chi connectivity index (χ2v) is 9.88. The van der Waals surface area contributed by atoms with E-state index in [1.54, 1.807) is 0 Å². The summed E-state index contributed by atoms with van der Waals surface area (Å²) >= 11 is 0. The third kappa shape index (κ3) is 2.65. The summed E-state index contributed by atoms with van der Waals surface area (Å²) in [6.45, 7) is 13.0. The molecule has 0 aliphatic heterocycles. The molecule has 0 heterocycles. The van der Waals surface area contributed by atoms with Crippen molar-refractivity contribution in [2.24, 2.45) is 5.41 Å². The van der Waals surface area contributed by atoms with Gasteiger partial charge in [-0.15, -0.1) is 0 Å². The molecule has 0 atom stereocenters. The second-order valence-electron chi connectivity index (χ2n) is 4.88. The number of hydrogen-bond acceptors (Lipinski definition) is 1. The highest BCUT2D eigenvalue weighted by atomic mass is 28.3. The Bertz CT molecular complexity index is 120. The quantitative estimate of drug-likeness (QED) is 0.447. The van der Waals surface area contributed by atoms with Crippen molar-refractivity contribution in [2.45, 2.75) is 40.4 Å². The first-order chi connectivity index (χ1) is 4.15. The van der Waals surface area contributed by atoms with Gasteiger partial charge in [0.15, 0.2) is 0 Å². The van der Waals surface area contributed by atoms with Crippen LogP contribution < -0.4 is 0 Å². The molecule has 0 spiro atoms. The van der Waals surface area contributed by atoms with E-state index in [-0.39, 0.29) is 5.41 Å². The van der Waals surface area contributed by atoms with E-state index >= 15 is 0 Å². The monoisotopic (exact) mass is 157 g/mol. The van der Waals surface area contributed by atoms with Crippen molar-refractivity contribution < 1.29 is 0 Å². The van der Waals surface area contributed by atoms with Crippen LogP contribution in [0.4, 0.5) is 0 Å². The zero-order valence-electron chi connectivity index (χ0n) is 8.00. The maximum absolute atomic E-state index is 7.85. The first kappa shape index (κ1) is 9.89. The fourth-order valence-electron chi connectivity index (χ4n) is 1.12. The van der Waals surface area contributed by atoms with E-state index in [9.17, 15) is 0 Å². The average molecular weight is 157 g/mol. The SMILES string of the molecule is CC(C)(C)C(=N)[Si](C)(C)C. The van der Waals surface area contributed by atoms with Crippen LogP contribution in [0.3, 0.4) is 0 Å². The zero-order chi connectivity index (χ0) is 8.58. The highest BCUT2D eigenvalue weighted by Gasteiger charge is 2.29. The van der Waals surface area contributed by atoms with Crippen LogP contribution in [0.5, 0.6) is 0 Å².